The van der Waals surface area contributed by atoms with E-state index < -0.39 is 0 Å². The summed E-state index contributed by atoms with van der Waals surface area (Å²) < 4.78 is 0. The molecule has 0 spiro atoms. The van der Waals surface area contributed by atoms with Gasteiger partial charge in [-0.15, -0.1) is 11.3 Å². The Hall–Kier alpha value is -1.40. The molecule has 0 unspecified atom stereocenters. The van der Waals surface area contributed by atoms with E-state index in [4.69, 9.17) is 4.84 Å². The third kappa shape index (κ3) is 3.04. The minimum absolute atomic E-state index is 0.133. The van der Waals surface area contributed by atoms with Crippen molar-refractivity contribution >= 4 is 28.2 Å². The highest BCUT2D eigenvalue weighted by atomic mass is 32.1. The molecular weight excluding hydrogens is 240 g/mol. The summed E-state index contributed by atoms with van der Waals surface area (Å²) in [6, 6.07) is 3.43. The van der Waals surface area contributed by atoms with Crippen LogP contribution in [0.1, 0.15) is 29.4 Å². The van der Waals surface area contributed by atoms with E-state index in [0.717, 1.165) is 12.8 Å². The fraction of sp³-hybridized carbons (Fsp3) is 0.455. The lowest BCUT2D eigenvalue weighted by Gasteiger charge is -2.25. The molecule has 1 aliphatic heterocycles. The lowest BCUT2D eigenvalue weighted by molar-refractivity contribution is -0.143. The maximum absolute atomic E-state index is 12.0. The molecule has 0 aliphatic carbocycles. The fourth-order valence-corrected chi connectivity index (χ4v) is 2.47. The van der Waals surface area contributed by atoms with Gasteiger partial charge in [0, 0.05) is 13.5 Å². The Morgan fingerprint density at radius 2 is 2.24 bits per heavy atom. The molecule has 1 N–H and O–H groups in total. The first-order valence-corrected chi connectivity index (χ1v) is 6.30. The van der Waals surface area contributed by atoms with Gasteiger partial charge in [-0.1, -0.05) is 0 Å². The second-order valence-electron chi connectivity index (χ2n) is 3.79. The molecule has 6 heteroatoms. The highest BCUT2D eigenvalue weighted by molar-refractivity contribution is 7.18. The Kier molecular flexibility index (Phi) is 3.75. The molecule has 17 heavy (non-hydrogen) atoms. The largest absolute Gasteiger partial charge is 0.318 e. The zero-order valence-electron chi connectivity index (χ0n) is 9.56. The fourth-order valence-electron chi connectivity index (χ4n) is 1.57. The molecular formula is C11H14N2O3S. The Bertz CT molecular complexity index is 424. The van der Waals surface area contributed by atoms with Gasteiger partial charge in [0.25, 0.3) is 5.91 Å². The first kappa shape index (κ1) is 12.1. The quantitative estimate of drug-likeness (QED) is 0.876. The van der Waals surface area contributed by atoms with Crippen LogP contribution >= 0.6 is 11.3 Å². The van der Waals surface area contributed by atoms with Crippen LogP contribution in [-0.4, -0.2) is 30.0 Å². The van der Waals surface area contributed by atoms with Gasteiger partial charge in [0.1, 0.15) is 0 Å². The monoisotopic (exact) mass is 254 g/mol. The Morgan fingerprint density at radius 3 is 2.88 bits per heavy atom. The van der Waals surface area contributed by atoms with Crippen molar-refractivity contribution < 1.29 is 14.4 Å². The first-order valence-electron chi connectivity index (χ1n) is 5.49. The number of anilines is 1. The van der Waals surface area contributed by atoms with Gasteiger partial charge in [-0.2, -0.15) is 0 Å². The summed E-state index contributed by atoms with van der Waals surface area (Å²) in [4.78, 5) is 28.7. The predicted molar refractivity (Wildman–Crippen MR) is 64.8 cm³/mol. The summed E-state index contributed by atoms with van der Waals surface area (Å²) in [5.74, 6) is -0.272. The maximum atomic E-state index is 12.0. The molecule has 1 saturated heterocycles. The Labute approximate surface area is 103 Å². The summed E-state index contributed by atoms with van der Waals surface area (Å²) in [6.07, 6.45) is 1.96. The van der Waals surface area contributed by atoms with E-state index in [1.54, 1.807) is 12.1 Å². The first-order chi connectivity index (χ1) is 8.16. The number of carbonyl (C=O) groups is 2. The van der Waals surface area contributed by atoms with Crippen molar-refractivity contribution in [2.24, 2.45) is 0 Å². The van der Waals surface area contributed by atoms with Crippen LogP contribution in [0, 0.1) is 0 Å². The predicted octanol–water partition coefficient (Wildman–Crippen LogP) is 1.87. The van der Waals surface area contributed by atoms with Crippen molar-refractivity contribution in [3.63, 3.8) is 0 Å². The maximum Gasteiger partial charge on any atom is 0.287 e. The molecule has 1 aromatic rings. The minimum Gasteiger partial charge on any atom is -0.318 e. The molecule has 2 rings (SSSR count). The van der Waals surface area contributed by atoms with Gasteiger partial charge in [-0.25, -0.2) is 5.06 Å². The Morgan fingerprint density at radius 1 is 1.41 bits per heavy atom. The van der Waals surface area contributed by atoms with E-state index in [1.165, 1.54) is 23.3 Å². The minimum atomic E-state index is -0.139. The van der Waals surface area contributed by atoms with Crippen LogP contribution < -0.4 is 5.32 Å². The van der Waals surface area contributed by atoms with Gasteiger partial charge in [0.2, 0.25) is 5.91 Å². The van der Waals surface area contributed by atoms with E-state index in [1.807, 2.05) is 0 Å². The normalized spacial score (nSPS) is 15.7. The van der Waals surface area contributed by atoms with Crippen LogP contribution in [-0.2, 0) is 9.63 Å². The summed E-state index contributed by atoms with van der Waals surface area (Å²) in [6.45, 7) is 2.66. The number of carbonyl (C=O) groups excluding carboxylic acids is 2. The second kappa shape index (κ2) is 5.29. The van der Waals surface area contributed by atoms with E-state index in [9.17, 15) is 9.59 Å². The molecule has 1 fully saturated rings. The van der Waals surface area contributed by atoms with Crippen LogP contribution in [0.5, 0.6) is 0 Å². The molecule has 2 amide bonds. The molecule has 2 heterocycles. The zero-order valence-corrected chi connectivity index (χ0v) is 10.4. The van der Waals surface area contributed by atoms with Gasteiger partial charge in [0.15, 0.2) is 0 Å². The average Bonchev–Trinajstić information content (AvgIpc) is 2.77. The number of rotatable bonds is 2. The number of hydrogen-bond donors (Lipinski definition) is 1. The summed E-state index contributed by atoms with van der Waals surface area (Å²) in [5, 5.41) is 4.73. The van der Waals surface area contributed by atoms with Gasteiger partial charge in [0.05, 0.1) is 16.5 Å². The molecule has 0 saturated carbocycles. The van der Waals surface area contributed by atoms with E-state index in [2.05, 4.69) is 5.32 Å². The smallest absolute Gasteiger partial charge is 0.287 e. The molecule has 1 aliphatic rings. The van der Waals surface area contributed by atoms with Crippen molar-refractivity contribution in [2.45, 2.75) is 19.8 Å². The SMILES string of the molecule is CC(=O)Nc1ccc(C(=O)N2CCCCO2)s1. The lowest BCUT2D eigenvalue weighted by atomic mass is 10.3. The third-order valence-corrected chi connectivity index (χ3v) is 3.33. The summed E-state index contributed by atoms with van der Waals surface area (Å²) in [5.41, 5.74) is 0. The van der Waals surface area contributed by atoms with Crippen LogP contribution in [0.2, 0.25) is 0 Å². The van der Waals surface area contributed by atoms with Gasteiger partial charge >= 0.3 is 0 Å². The molecule has 0 bridgehead atoms. The summed E-state index contributed by atoms with van der Waals surface area (Å²) >= 11 is 1.26. The van der Waals surface area contributed by atoms with E-state index >= 15 is 0 Å². The second-order valence-corrected chi connectivity index (χ2v) is 4.88. The van der Waals surface area contributed by atoms with Crippen molar-refractivity contribution in [1.82, 2.24) is 5.06 Å². The average molecular weight is 254 g/mol. The standard InChI is InChI=1S/C11H14N2O3S/c1-8(14)12-10-5-4-9(17-10)11(15)13-6-2-3-7-16-13/h4-5H,2-3,6-7H2,1H3,(H,12,14). The number of hydroxylamine groups is 2. The van der Waals surface area contributed by atoms with Gasteiger partial charge in [-0.3, -0.25) is 14.4 Å². The van der Waals surface area contributed by atoms with Crippen LogP contribution in [0.15, 0.2) is 12.1 Å². The molecule has 5 nitrogen and oxygen atoms in total. The molecule has 0 radical (unpaired) electrons. The third-order valence-electron chi connectivity index (χ3n) is 2.35. The van der Waals surface area contributed by atoms with Crippen molar-refractivity contribution in [3.8, 4) is 0 Å². The van der Waals surface area contributed by atoms with Crippen LogP contribution in [0.25, 0.3) is 0 Å². The van der Waals surface area contributed by atoms with E-state index in [0.29, 0.717) is 23.0 Å². The van der Waals surface area contributed by atoms with Crippen molar-refractivity contribution in [2.75, 3.05) is 18.5 Å². The van der Waals surface area contributed by atoms with E-state index in [-0.39, 0.29) is 11.8 Å². The number of hydrogen-bond acceptors (Lipinski definition) is 4. The molecule has 0 aromatic carbocycles. The van der Waals surface area contributed by atoms with Gasteiger partial charge < -0.3 is 5.32 Å². The van der Waals surface area contributed by atoms with Crippen LogP contribution in [0.4, 0.5) is 5.00 Å². The number of amides is 2. The number of nitrogens with zero attached hydrogens (tertiary/aromatic N) is 1. The highest BCUT2D eigenvalue weighted by Crippen LogP contribution is 2.24. The Balaban J connectivity index is 2.03. The van der Waals surface area contributed by atoms with Crippen molar-refractivity contribution in [3.05, 3.63) is 17.0 Å². The van der Waals surface area contributed by atoms with Crippen molar-refractivity contribution in [1.29, 1.82) is 0 Å². The highest BCUT2D eigenvalue weighted by Gasteiger charge is 2.20. The van der Waals surface area contributed by atoms with Gasteiger partial charge in [-0.05, 0) is 25.0 Å². The lowest BCUT2D eigenvalue weighted by Crippen LogP contribution is -2.35. The summed E-state index contributed by atoms with van der Waals surface area (Å²) in [7, 11) is 0. The number of thiophene rings is 1. The molecule has 1 aromatic heterocycles. The molecule has 92 valence electrons. The topological polar surface area (TPSA) is 58.6 Å². The zero-order chi connectivity index (χ0) is 12.3. The number of nitrogens with one attached hydrogen (secondary N) is 1. The van der Waals surface area contributed by atoms with Crippen LogP contribution in [0.3, 0.4) is 0 Å². The molecule has 0 atom stereocenters.